The van der Waals surface area contributed by atoms with Crippen molar-refractivity contribution in [2.24, 2.45) is 0 Å². The molecule has 1 saturated heterocycles. The lowest BCUT2D eigenvalue weighted by Gasteiger charge is -2.39. The molecule has 8 heteroatoms. The van der Waals surface area contributed by atoms with Crippen LogP contribution in [0.2, 0.25) is 0 Å². The molecule has 1 aromatic heterocycles. The Labute approximate surface area is 137 Å². The lowest BCUT2D eigenvalue weighted by atomic mass is 9.84. The van der Waals surface area contributed by atoms with E-state index in [0.29, 0.717) is 37.6 Å². The Morgan fingerprint density at radius 3 is 2.50 bits per heavy atom. The van der Waals surface area contributed by atoms with Gasteiger partial charge in [0.2, 0.25) is 0 Å². The maximum Gasteiger partial charge on any atom is 0.416 e. The number of hydrogen-bond donors (Lipinski definition) is 2. The van der Waals surface area contributed by atoms with E-state index in [9.17, 15) is 18.3 Å². The molecule has 0 unspecified atom stereocenters. The zero-order valence-electron chi connectivity index (χ0n) is 12.8. The third-order valence-corrected chi connectivity index (χ3v) is 4.28. The Morgan fingerprint density at radius 2 is 1.88 bits per heavy atom. The second-order valence-corrected chi connectivity index (χ2v) is 5.90. The molecule has 0 radical (unpaired) electrons. The van der Waals surface area contributed by atoms with Crippen LogP contribution in [0.1, 0.15) is 24.0 Å². The number of rotatable bonds is 2. The summed E-state index contributed by atoms with van der Waals surface area (Å²) < 4.78 is 38.6. The van der Waals surface area contributed by atoms with E-state index in [1.165, 1.54) is 18.3 Å². The smallest absolute Gasteiger partial charge is 0.385 e. The van der Waals surface area contributed by atoms with Gasteiger partial charge in [0.25, 0.3) is 0 Å². The quantitative estimate of drug-likeness (QED) is 0.880. The van der Waals surface area contributed by atoms with E-state index >= 15 is 0 Å². The molecule has 0 atom stereocenters. The van der Waals surface area contributed by atoms with Gasteiger partial charge in [-0.3, -0.25) is 4.98 Å². The number of piperidine rings is 1. The largest absolute Gasteiger partial charge is 0.416 e. The molecule has 3 N–H and O–H groups in total. The summed E-state index contributed by atoms with van der Waals surface area (Å²) >= 11 is 0. The van der Waals surface area contributed by atoms with Crippen LogP contribution in [0.3, 0.4) is 0 Å². The molecule has 5 nitrogen and oxygen atoms in total. The van der Waals surface area contributed by atoms with Gasteiger partial charge in [0.05, 0.1) is 23.6 Å². The molecule has 0 saturated carbocycles. The van der Waals surface area contributed by atoms with Crippen LogP contribution in [0.5, 0.6) is 0 Å². The highest BCUT2D eigenvalue weighted by atomic mass is 19.4. The molecule has 0 amide bonds. The topological polar surface area (TPSA) is 75.3 Å². The second-order valence-electron chi connectivity index (χ2n) is 5.90. The van der Waals surface area contributed by atoms with Crippen LogP contribution in [0.15, 0.2) is 36.7 Å². The first-order chi connectivity index (χ1) is 11.3. The van der Waals surface area contributed by atoms with E-state index < -0.39 is 17.3 Å². The molecule has 0 spiro atoms. The number of nitrogens with two attached hydrogens (primary N) is 1. The molecular weight excluding hydrogens is 321 g/mol. The zero-order valence-corrected chi connectivity index (χ0v) is 12.8. The molecule has 1 aliphatic heterocycles. The number of aromatic nitrogens is 2. The minimum Gasteiger partial charge on any atom is -0.385 e. The number of aliphatic hydroxyl groups is 1. The lowest BCUT2D eigenvalue weighted by Crippen LogP contribution is -2.43. The van der Waals surface area contributed by atoms with Gasteiger partial charge < -0.3 is 15.7 Å². The van der Waals surface area contributed by atoms with Crippen molar-refractivity contribution >= 4 is 11.6 Å². The lowest BCUT2D eigenvalue weighted by molar-refractivity contribution is -0.137. The molecule has 0 aliphatic carbocycles. The van der Waals surface area contributed by atoms with Gasteiger partial charge >= 0.3 is 6.18 Å². The van der Waals surface area contributed by atoms with Crippen LogP contribution in [-0.2, 0) is 11.8 Å². The normalized spacial score (nSPS) is 17.8. The van der Waals surface area contributed by atoms with Crippen LogP contribution in [0.4, 0.5) is 24.8 Å². The molecule has 3 rings (SSSR count). The minimum absolute atomic E-state index is 0.288. The van der Waals surface area contributed by atoms with Gasteiger partial charge in [-0.25, -0.2) is 4.98 Å². The molecule has 1 aromatic carbocycles. The third-order valence-electron chi connectivity index (χ3n) is 4.28. The van der Waals surface area contributed by atoms with Crippen molar-refractivity contribution in [1.82, 2.24) is 9.97 Å². The fraction of sp³-hybridized carbons (Fsp3) is 0.375. The average molecular weight is 338 g/mol. The van der Waals surface area contributed by atoms with E-state index in [-0.39, 0.29) is 5.56 Å². The Hall–Kier alpha value is -2.35. The molecule has 128 valence electrons. The van der Waals surface area contributed by atoms with Gasteiger partial charge in [-0.15, -0.1) is 0 Å². The van der Waals surface area contributed by atoms with Gasteiger partial charge in [-0.1, -0.05) is 12.1 Å². The van der Waals surface area contributed by atoms with Crippen LogP contribution in [0.25, 0.3) is 0 Å². The van der Waals surface area contributed by atoms with Gasteiger partial charge in [-0.2, -0.15) is 13.2 Å². The summed E-state index contributed by atoms with van der Waals surface area (Å²) in [6.07, 6.45) is -0.822. The van der Waals surface area contributed by atoms with Crippen molar-refractivity contribution in [2.45, 2.75) is 24.6 Å². The highest BCUT2D eigenvalue weighted by Crippen LogP contribution is 2.37. The summed E-state index contributed by atoms with van der Waals surface area (Å²) in [6, 6.07) is 4.89. The van der Waals surface area contributed by atoms with E-state index in [1.807, 2.05) is 4.90 Å². The summed E-state index contributed by atoms with van der Waals surface area (Å²) in [6.45, 7) is 0.899. The van der Waals surface area contributed by atoms with Crippen molar-refractivity contribution in [1.29, 1.82) is 0 Å². The second kappa shape index (κ2) is 5.94. The van der Waals surface area contributed by atoms with Crippen LogP contribution >= 0.6 is 0 Å². The SMILES string of the molecule is Nc1cncc(N2CCC(O)(c3cccc(C(F)(F)F)c3)CC2)n1. The van der Waals surface area contributed by atoms with Crippen molar-refractivity contribution in [2.75, 3.05) is 23.7 Å². The Morgan fingerprint density at radius 1 is 1.17 bits per heavy atom. The van der Waals surface area contributed by atoms with E-state index in [4.69, 9.17) is 5.73 Å². The highest BCUT2D eigenvalue weighted by molar-refractivity contribution is 5.42. The number of hydrogen-bond acceptors (Lipinski definition) is 5. The number of halogens is 3. The highest BCUT2D eigenvalue weighted by Gasteiger charge is 2.37. The van der Waals surface area contributed by atoms with Crippen molar-refractivity contribution < 1.29 is 18.3 Å². The molecule has 24 heavy (non-hydrogen) atoms. The number of alkyl halides is 3. The zero-order chi connectivity index (χ0) is 17.4. The van der Waals surface area contributed by atoms with Crippen LogP contribution in [-0.4, -0.2) is 28.2 Å². The van der Waals surface area contributed by atoms with Crippen LogP contribution < -0.4 is 10.6 Å². The molecule has 1 fully saturated rings. The first kappa shape index (κ1) is 16.5. The number of nitrogens with zero attached hydrogens (tertiary/aromatic N) is 3. The van der Waals surface area contributed by atoms with Gasteiger partial charge in [0, 0.05) is 13.1 Å². The number of nitrogen functional groups attached to an aromatic ring is 1. The summed E-state index contributed by atoms with van der Waals surface area (Å²) in [5, 5.41) is 10.8. The average Bonchev–Trinajstić information content (AvgIpc) is 2.55. The fourth-order valence-corrected chi connectivity index (χ4v) is 2.90. The Balaban J connectivity index is 1.77. The maximum atomic E-state index is 12.9. The first-order valence-electron chi connectivity index (χ1n) is 7.50. The van der Waals surface area contributed by atoms with E-state index in [1.54, 1.807) is 6.20 Å². The monoisotopic (exact) mass is 338 g/mol. The van der Waals surface area contributed by atoms with E-state index in [2.05, 4.69) is 9.97 Å². The third kappa shape index (κ3) is 3.28. The van der Waals surface area contributed by atoms with E-state index in [0.717, 1.165) is 12.1 Å². The Bertz CT molecular complexity index is 727. The Kier molecular flexibility index (Phi) is 4.08. The molecule has 2 heterocycles. The molecule has 0 bridgehead atoms. The van der Waals surface area contributed by atoms with Crippen molar-refractivity contribution in [3.8, 4) is 0 Å². The van der Waals surface area contributed by atoms with Gasteiger partial charge in [-0.05, 0) is 30.5 Å². The maximum absolute atomic E-state index is 12.9. The number of benzene rings is 1. The summed E-state index contributed by atoms with van der Waals surface area (Å²) in [4.78, 5) is 10.1. The van der Waals surface area contributed by atoms with Gasteiger partial charge in [0.1, 0.15) is 11.6 Å². The summed E-state index contributed by atoms with van der Waals surface area (Å²) in [7, 11) is 0. The summed E-state index contributed by atoms with van der Waals surface area (Å²) in [5.74, 6) is 0.896. The number of anilines is 2. The minimum atomic E-state index is -4.43. The predicted molar refractivity (Wildman–Crippen MR) is 83.2 cm³/mol. The standard InChI is InChI=1S/C16H17F3N4O/c17-16(18,19)12-3-1-2-11(8-12)15(24)4-6-23(7-5-15)14-10-21-9-13(20)22-14/h1-3,8-10,24H,4-7H2,(H2,20,22). The van der Waals surface area contributed by atoms with Gasteiger partial charge in [0.15, 0.2) is 0 Å². The van der Waals surface area contributed by atoms with Crippen molar-refractivity contribution in [3.63, 3.8) is 0 Å². The summed E-state index contributed by atoms with van der Waals surface area (Å²) in [5.41, 5.74) is 3.86. The van der Waals surface area contributed by atoms with Crippen molar-refractivity contribution in [3.05, 3.63) is 47.8 Å². The molecule has 1 aliphatic rings. The fourth-order valence-electron chi connectivity index (χ4n) is 2.90. The van der Waals surface area contributed by atoms with Crippen LogP contribution in [0, 0.1) is 0 Å². The molecule has 2 aromatic rings. The predicted octanol–water partition coefficient (Wildman–Crippen LogP) is 2.57. The first-order valence-corrected chi connectivity index (χ1v) is 7.50. The molecular formula is C16H17F3N4O.